The van der Waals surface area contributed by atoms with Crippen LogP contribution in [0.5, 0.6) is 0 Å². The summed E-state index contributed by atoms with van der Waals surface area (Å²) in [6, 6.07) is 6.76. The quantitative estimate of drug-likeness (QED) is 0.394. The lowest BCUT2D eigenvalue weighted by Gasteiger charge is -2.32. The first kappa shape index (κ1) is 35.0. The van der Waals surface area contributed by atoms with E-state index in [2.05, 4.69) is 32.1 Å². The second-order valence-electron chi connectivity index (χ2n) is 11.3. The number of hydrogen-bond donors (Lipinski definition) is 1. The highest BCUT2D eigenvalue weighted by Crippen LogP contribution is 2.37. The average Bonchev–Trinajstić information content (AvgIpc) is 3.01. The molecule has 5 rings (SSSR count). The molecule has 2 aliphatic heterocycles. The van der Waals surface area contributed by atoms with Gasteiger partial charge in [0.15, 0.2) is 0 Å². The Balaban J connectivity index is 0.000000606. The van der Waals surface area contributed by atoms with Gasteiger partial charge in [-0.2, -0.15) is 26.3 Å². The van der Waals surface area contributed by atoms with Crippen LogP contribution in [0, 0.1) is 5.82 Å². The van der Waals surface area contributed by atoms with Crippen molar-refractivity contribution in [1.82, 2.24) is 30.0 Å². The topological polar surface area (TPSA) is 67.8 Å². The molecule has 0 aliphatic carbocycles. The summed E-state index contributed by atoms with van der Waals surface area (Å²) in [5, 5.41) is 3.27. The molecule has 2 aromatic carbocycles. The number of hydrogen-bond acceptors (Lipinski definition) is 7. The number of nitrogens with zero attached hydrogens (tertiary/aromatic N) is 6. The van der Waals surface area contributed by atoms with Crippen molar-refractivity contribution < 1.29 is 35.5 Å². The van der Waals surface area contributed by atoms with Crippen LogP contribution in [0.3, 0.4) is 0 Å². The van der Waals surface area contributed by atoms with Crippen molar-refractivity contribution in [3.8, 4) is 11.3 Å². The van der Waals surface area contributed by atoms with E-state index in [1.807, 2.05) is 11.9 Å². The molecule has 3 aromatic rings. The number of halogens is 7. The van der Waals surface area contributed by atoms with Crippen LogP contribution in [0.2, 0.25) is 0 Å². The van der Waals surface area contributed by atoms with Crippen LogP contribution in [0.1, 0.15) is 27.0 Å². The van der Waals surface area contributed by atoms with E-state index in [4.69, 9.17) is 0 Å². The van der Waals surface area contributed by atoms with E-state index in [0.29, 0.717) is 25.2 Å². The third-order valence-corrected chi connectivity index (χ3v) is 7.68. The molecule has 0 spiro atoms. The predicted octanol–water partition coefficient (Wildman–Crippen LogP) is 4.87. The lowest BCUT2D eigenvalue weighted by Crippen LogP contribution is -2.45. The Kier molecular flexibility index (Phi) is 11.2. The molecule has 0 radical (unpaired) electrons. The van der Waals surface area contributed by atoms with E-state index in [9.17, 15) is 35.5 Å². The van der Waals surface area contributed by atoms with Crippen molar-refractivity contribution in [1.29, 1.82) is 0 Å². The van der Waals surface area contributed by atoms with Gasteiger partial charge in [0.25, 0.3) is 5.91 Å². The number of carbonyl (C=O) groups is 1. The van der Waals surface area contributed by atoms with E-state index >= 15 is 0 Å². The maximum absolute atomic E-state index is 14.8. The summed E-state index contributed by atoms with van der Waals surface area (Å²) in [4.78, 5) is 29.4. The third kappa shape index (κ3) is 9.13. The highest BCUT2D eigenvalue weighted by molar-refractivity contribution is 5.99. The number of rotatable bonds is 5. The second-order valence-corrected chi connectivity index (χ2v) is 11.3. The number of carbonyl (C=O) groups excluding carboxylic acids is 1. The monoisotopic (exact) mass is 655 g/mol. The van der Waals surface area contributed by atoms with E-state index in [0.717, 1.165) is 31.1 Å². The molecular formula is C31H36F7N7O. The zero-order valence-electron chi connectivity index (χ0n) is 25.7. The number of amides is 1. The summed E-state index contributed by atoms with van der Waals surface area (Å²) in [6.07, 6.45) is -8.85. The molecule has 8 nitrogen and oxygen atoms in total. The molecule has 3 heterocycles. The Morgan fingerprint density at radius 2 is 1.43 bits per heavy atom. The summed E-state index contributed by atoms with van der Waals surface area (Å²) in [6.45, 7) is 6.82. The summed E-state index contributed by atoms with van der Waals surface area (Å²) < 4.78 is 94.5. The Hall–Kier alpha value is -3.82. The standard InChI is InChI=1S/C26H24F7N5O.C5H12N2/c1-36-7-9-38(10-8-36)24-34-14-20(22(35-24)19-5-3-4-6-21(19)27)23(39)37(2)15-16-11-17(25(28,29)30)13-18(12-16)26(31,32)33;1-7-4-2-6-3-5-7/h3-6,11-14H,7-10,15H2,1-2H3;6H,2-5H2,1H3. The fraction of sp³-hybridized carbons (Fsp3) is 0.452. The Bertz CT molecular complexity index is 1450. The molecule has 15 heteroatoms. The van der Waals surface area contributed by atoms with Crippen LogP contribution < -0.4 is 10.2 Å². The molecule has 46 heavy (non-hydrogen) atoms. The van der Waals surface area contributed by atoms with Crippen LogP contribution in [-0.4, -0.2) is 104 Å². The number of piperazine rings is 2. The van der Waals surface area contributed by atoms with Crippen molar-refractivity contribution >= 4 is 11.9 Å². The normalized spacial score (nSPS) is 16.5. The molecule has 2 aliphatic rings. The highest BCUT2D eigenvalue weighted by Gasteiger charge is 2.37. The summed E-state index contributed by atoms with van der Waals surface area (Å²) >= 11 is 0. The van der Waals surface area contributed by atoms with Gasteiger partial charge in [0.2, 0.25) is 5.95 Å². The van der Waals surface area contributed by atoms with Crippen molar-refractivity contribution in [3.05, 3.63) is 76.7 Å². The number of benzene rings is 2. The number of anilines is 1. The van der Waals surface area contributed by atoms with Crippen molar-refractivity contribution in [3.63, 3.8) is 0 Å². The van der Waals surface area contributed by atoms with Crippen LogP contribution in [0.15, 0.2) is 48.7 Å². The molecule has 2 saturated heterocycles. The summed E-state index contributed by atoms with van der Waals surface area (Å²) in [7, 11) is 5.33. The van der Waals surface area contributed by atoms with Crippen LogP contribution in [0.4, 0.5) is 36.7 Å². The fourth-order valence-electron chi connectivity index (χ4n) is 4.98. The lowest BCUT2D eigenvalue weighted by atomic mass is 10.0. The number of alkyl halides is 6. The van der Waals surface area contributed by atoms with Crippen LogP contribution in [-0.2, 0) is 18.9 Å². The van der Waals surface area contributed by atoms with Gasteiger partial charge in [0.1, 0.15) is 5.82 Å². The Morgan fingerprint density at radius 1 is 0.870 bits per heavy atom. The van der Waals surface area contributed by atoms with E-state index in [-0.39, 0.29) is 34.4 Å². The number of nitrogens with one attached hydrogen (secondary N) is 1. The molecule has 0 bridgehead atoms. The van der Waals surface area contributed by atoms with E-state index in [1.165, 1.54) is 44.5 Å². The van der Waals surface area contributed by atoms with Crippen molar-refractivity contribution in [2.45, 2.75) is 18.9 Å². The summed E-state index contributed by atoms with van der Waals surface area (Å²) in [5.41, 5.74) is -3.53. The van der Waals surface area contributed by atoms with Gasteiger partial charge >= 0.3 is 12.4 Å². The first-order chi connectivity index (χ1) is 21.6. The minimum atomic E-state index is -5.02. The molecule has 0 unspecified atom stereocenters. The van der Waals surface area contributed by atoms with Gasteiger partial charge < -0.3 is 24.9 Å². The zero-order valence-corrected chi connectivity index (χ0v) is 25.7. The van der Waals surface area contributed by atoms with Gasteiger partial charge in [-0.05, 0) is 50.0 Å². The second kappa shape index (κ2) is 14.7. The van der Waals surface area contributed by atoms with Crippen LogP contribution in [0.25, 0.3) is 11.3 Å². The minimum absolute atomic E-state index is 0.00505. The molecule has 1 amide bonds. The molecule has 1 N–H and O–H groups in total. The lowest BCUT2D eigenvalue weighted by molar-refractivity contribution is -0.143. The first-order valence-electron chi connectivity index (χ1n) is 14.6. The van der Waals surface area contributed by atoms with E-state index < -0.39 is 41.7 Å². The van der Waals surface area contributed by atoms with Gasteiger partial charge in [-0.3, -0.25) is 4.79 Å². The molecule has 0 atom stereocenters. The highest BCUT2D eigenvalue weighted by atomic mass is 19.4. The minimum Gasteiger partial charge on any atom is -0.338 e. The molecular weight excluding hydrogens is 619 g/mol. The average molecular weight is 656 g/mol. The Morgan fingerprint density at radius 3 is 1.96 bits per heavy atom. The number of likely N-dealkylation sites (N-methyl/N-ethyl adjacent to an activating group) is 2. The molecule has 0 saturated carbocycles. The Labute approximate surface area is 262 Å². The largest absolute Gasteiger partial charge is 0.416 e. The van der Waals surface area contributed by atoms with Gasteiger partial charge in [0.05, 0.1) is 22.4 Å². The smallest absolute Gasteiger partial charge is 0.338 e. The van der Waals surface area contributed by atoms with Crippen molar-refractivity contribution in [2.24, 2.45) is 0 Å². The predicted molar refractivity (Wildman–Crippen MR) is 160 cm³/mol. The maximum atomic E-state index is 14.8. The van der Waals surface area contributed by atoms with Crippen molar-refractivity contribution in [2.75, 3.05) is 78.4 Å². The fourth-order valence-corrected chi connectivity index (χ4v) is 4.98. The SMILES string of the molecule is CN1CCN(c2ncc(C(=O)N(C)Cc3cc(C(F)(F)F)cc(C(F)(F)F)c3)c(-c3ccccc3F)n2)CC1.CN1CCNCC1. The van der Waals surface area contributed by atoms with Gasteiger partial charge in [-0.15, -0.1) is 0 Å². The molecule has 250 valence electrons. The molecule has 1 aromatic heterocycles. The number of aromatic nitrogens is 2. The van der Waals surface area contributed by atoms with Gasteiger partial charge in [-0.1, -0.05) is 12.1 Å². The third-order valence-electron chi connectivity index (χ3n) is 7.68. The summed E-state index contributed by atoms with van der Waals surface area (Å²) in [5.74, 6) is -1.19. The first-order valence-corrected chi connectivity index (χ1v) is 14.6. The van der Waals surface area contributed by atoms with Gasteiger partial charge in [0, 0.05) is 77.7 Å². The van der Waals surface area contributed by atoms with E-state index in [1.54, 1.807) is 6.07 Å². The zero-order chi connectivity index (χ0) is 33.6. The molecule has 2 fully saturated rings. The maximum Gasteiger partial charge on any atom is 0.416 e. The van der Waals surface area contributed by atoms with Crippen LogP contribution >= 0.6 is 0 Å². The van der Waals surface area contributed by atoms with Gasteiger partial charge in [-0.25, -0.2) is 14.4 Å².